The standard InChI is InChI=1S/C22H15N3/c1-2-8-16(9-3-1)19-14-17-10-6-7-13-25(17)22(19)24-21-15-23-20-12-5-4-11-18(20)21/h1-15H. The van der Waals surface area contributed by atoms with Gasteiger partial charge in [0.15, 0.2) is 0 Å². The number of para-hydroxylation sites is 1. The van der Waals surface area contributed by atoms with Crippen molar-refractivity contribution in [3.8, 4) is 11.1 Å². The highest BCUT2D eigenvalue weighted by Gasteiger charge is 2.16. The summed E-state index contributed by atoms with van der Waals surface area (Å²) in [4.78, 5) is 9.47. The molecule has 2 aromatic carbocycles. The summed E-state index contributed by atoms with van der Waals surface area (Å²) in [5.74, 6) is 0.931. The number of pyridine rings is 1. The third-order valence-corrected chi connectivity index (χ3v) is 4.47. The lowest BCUT2D eigenvalue weighted by atomic mass is 10.1. The number of fused-ring (bicyclic) bond motifs is 2. The maximum absolute atomic E-state index is 4.99. The Hall–Kier alpha value is -3.46. The monoisotopic (exact) mass is 321 g/mol. The fraction of sp³-hybridized carbons (Fsp3) is 0. The van der Waals surface area contributed by atoms with Crippen LogP contribution in [0, 0.1) is 0 Å². The average Bonchev–Trinajstić information content (AvgIpc) is 3.25. The minimum absolute atomic E-state index is 0.900. The minimum atomic E-state index is 0.900. The van der Waals surface area contributed by atoms with Crippen LogP contribution in [0.3, 0.4) is 0 Å². The largest absolute Gasteiger partial charge is 0.301 e. The van der Waals surface area contributed by atoms with Crippen LogP contribution in [0.25, 0.3) is 16.6 Å². The van der Waals surface area contributed by atoms with E-state index in [0.29, 0.717) is 0 Å². The fourth-order valence-corrected chi connectivity index (χ4v) is 3.26. The molecule has 0 atom stereocenters. The molecule has 0 saturated heterocycles. The SMILES string of the molecule is C1=Nc2ccccc2C1=Nc1c(-c2ccccc2)cc2ccccn12. The van der Waals surface area contributed by atoms with E-state index in [-0.39, 0.29) is 0 Å². The van der Waals surface area contributed by atoms with Gasteiger partial charge in [-0.15, -0.1) is 0 Å². The molecule has 1 aliphatic rings. The Bertz CT molecular complexity index is 1130. The van der Waals surface area contributed by atoms with Crippen LogP contribution in [0.5, 0.6) is 0 Å². The fourth-order valence-electron chi connectivity index (χ4n) is 3.26. The zero-order valence-corrected chi connectivity index (χ0v) is 13.5. The van der Waals surface area contributed by atoms with Gasteiger partial charge in [0.1, 0.15) is 5.82 Å². The van der Waals surface area contributed by atoms with E-state index in [1.165, 1.54) is 0 Å². The first-order chi connectivity index (χ1) is 12.4. The number of hydrogen-bond donors (Lipinski definition) is 0. The summed E-state index contributed by atoms with van der Waals surface area (Å²) >= 11 is 0. The summed E-state index contributed by atoms with van der Waals surface area (Å²) in [5, 5.41) is 0. The van der Waals surface area contributed by atoms with Gasteiger partial charge in [0.25, 0.3) is 0 Å². The molecular weight excluding hydrogens is 306 g/mol. The van der Waals surface area contributed by atoms with E-state index in [2.05, 4.69) is 58.1 Å². The van der Waals surface area contributed by atoms with Crippen molar-refractivity contribution in [1.82, 2.24) is 4.40 Å². The van der Waals surface area contributed by atoms with Crippen LogP contribution in [0.2, 0.25) is 0 Å². The van der Waals surface area contributed by atoms with Gasteiger partial charge < -0.3 is 4.40 Å². The van der Waals surface area contributed by atoms with Gasteiger partial charge in [-0.3, -0.25) is 4.99 Å². The van der Waals surface area contributed by atoms with Crippen molar-refractivity contribution in [2.45, 2.75) is 0 Å². The Labute approximate surface area is 145 Å². The number of benzene rings is 2. The number of hydrogen-bond acceptors (Lipinski definition) is 2. The molecule has 1 aliphatic heterocycles. The molecule has 0 fully saturated rings. The van der Waals surface area contributed by atoms with Gasteiger partial charge in [-0.25, -0.2) is 4.99 Å². The smallest absolute Gasteiger partial charge is 0.145 e. The number of aliphatic imine (C=N–C) groups is 2. The molecule has 118 valence electrons. The second-order valence-electron chi connectivity index (χ2n) is 6.02. The molecule has 0 unspecified atom stereocenters. The predicted octanol–water partition coefficient (Wildman–Crippen LogP) is 5.44. The van der Waals surface area contributed by atoms with Crippen LogP contribution in [0.1, 0.15) is 5.56 Å². The maximum Gasteiger partial charge on any atom is 0.145 e. The van der Waals surface area contributed by atoms with Crippen LogP contribution in [-0.2, 0) is 0 Å². The van der Waals surface area contributed by atoms with E-state index in [9.17, 15) is 0 Å². The third kappa shape index (κ3) is 2.29. The Kier molecular flexibility index (Phi) is 3.10. The molecule has 3 heterocycles. The van der Waals surface area contributed by atoms with E-state index < -0.39 is 0 Å². The second kappa shape index (κ2) is 5.56. The molecule has 3 heteroatoms. The molecule has 0 bridgehead atoms. The van der Waals surface area contributed by atoms with Crippen molar-refractivity contribution in [3.63, 3.8) is 0 Å². The quantitative estimate of drug-likeness (QED) is 0.470. The van der Waals surface area contributed by atoms with Gasteiger partial charge in [-0.05, 0) is 29.8 Å². The van der Waals surface area contributed by atoms with Crippen molar-refractivity contribution < 1.29 is 0 Å². The molecule has 0 saturated carbocycles. The molecule has 0 spiro atoms. The molecule has 2 aromatic heterocycles. The molecule has 0 radical (unpaired) electrons. The van der Waals surface area contributed by atoms with Crippen LogP contribution < -0.4 is 0 Å². The topological polar surface area (TPSA) is 29.1 Å². The van der Waals surface area contributed by atoms with Crippen molar-refractivity contribution in [2.75, 3.05) is 0 Å². The summed E-state index contributed by atoms with van der Waals surface area (Å²) in [6, 6.07) is 26.9. The van der Waals surface area contributed by atoms with Crippen molar-refractivity contribution in [2.24, 2.45) is 9.98 Å². The summed E-state index contributed by atoms with van der Waals surface area (Å²) in [6.45, 7) is 0. The lowest BCUT2D eigenvalue weighted by Gasteiger charge is -2.04. The zero-order chi connectivity index (χ0) is 16.6. The number of nitrogens with zero attached hydrogens (tertiary/aromatic N) is 3. The van der Waals surface area contributed by atoms with Crippen LogP contribution in [0.4, 0.5) is 11.5 Å². The van der Waals surface area contributed by atoms with Crippen molar-refractivity contribution in [1.29, 1.82) is 0 Å². The number of aromatic nitrogens is 1. The lowest BCUT2D eigenvalue weighted by molar-refractivity contribution is 1.18. The molecule has 4 aromatic rings. The first-order valence-electron chi connectivity index (χ1n) is 8.28. The van der Waals surface area contributed by atoms with Crippen LogP contribution >= 0.6 is 0 Å². The molecular formula is C22H15N3. The van der Waals surface area contributed by atoms with E-state index in [1.54, 1.807) is 0 Å². The average molecular weight is 321 g/mol. The molecule has 0 N–H and O–H groups in total. The Morgan fingerprint density at radius 1 is 0.760 bits per heavy atom. The van der Waals surface area contributed by atoms with Crippen molar-refractivity contribution >= 4 is 28.9 Å². The highest BCUT2D eigenvalue weighted by atomic mass is 15.0. The van der Waals surface area contributed by atoms with Gasteiger partial charge in [0, 0.05) is 22.8 Å². The number of rotatable bonds is 2. The summed E-state index contributed by atoms with van der Waals surface area (Å²) in [5.41, 5.74) is 6.36. The Morgan fingerprint density at radius 2 is 1.56 bits per heavy atom. The lowest BCUT2D eigenvalue weighted by Crippen LogP contribution is -1.97. The van der Waals surface area contributed by atoms with E-state index in [4.69, 9.17) is 4.99 Å². The maximum atomic E-state index is 4.99. The molecule has 0 aliphatic carbocycles. The van der Waals surface area contributed by atoms with Gasteiger partial charge in [-0.2, -0.15) is 0 Å². The molecule has 0 amide bonds. The van der Waals surface area contributed by atoms with Gasteiger partial charge in [-0.1, -0.05) is 54.6 Å². The molecule has 25 heavy (non-hydrogen) atoms. The van der Waals surface area contributed by atoms with Crippen LogP contribution in [-0.4, -0.2) is 16.3 Å². The Balaban J connectivity index is 1.76. The highest BCUT2D eigenvalue weighted by molar-refractivity contribution is 6.43. The zero-order valence-electron chi connectivity index (χ0n) is 13.5. The molecule has 5 rings (SSSR count). The van der Waals surface area contributed by atoms with E-state index >= 15 is 0 Å². The highest BCUT2D eigenvalue weighted by Crippen LogP contribution is 2.35. The predicted molar refractivity (Wildman–Crippen MR) is 104 cm³/mol. The van der Waals surface area contributed by atoms with E-state index in [0.717, 1.165) is 39.4 Å². The summed E-state index contributed by atoms with van der Waals surface area (Å²) in [7, 11) is 0. The Morgan fingerprint density at radius 3 is 2.48 bits per heavy atom. The van der Waals surface area contributed by atoms with Gasteiger partial charge in [0.2, 0.25) is 0 Å². The third-order valence-electron chi connectivity index (χ3n) is 4.47. The first-order valence-corrected chi connectivity index (χ1v) is 8.28. The van der Waals surface area contributed by atoms with Crippen molar-refractivity contribution in [3.05, 3.63) is 90.6 Å². The molecule has 3 nitrogen and oxygen atoms in total. The summed E-state index contributed by atoms with van der Waals surface area (Å²) in [6.07, 6.45) is 3.90. The van der Waals surface area contributed by atoms with Gasteiger partial charge >= 0.3 is 0 Å². The second-order valence-corrected chi connectivity index (χ2v) is 6.02. The van der Waals surface area contributed by atoms with Crippen LogP contribution in [0.15, 0.2) is 95.0 Å². The first kappa shape index (κ1) is 13.9. The summed E-state index contributed by atoms with van der Waals surface area (Å²) < 4.78 is 2.13. The normalized spacial score (nSPS) is 14.3. The minimum Gasteiger partial charge on any atom is -0.301 e. The van der Waals surface area contributed by atoms with Gasteiger partial charge in [0.05, 0.1) is 17.6 Å². The van der Waals surface area contributed by atoms with E-state index in [1.807, 2.05) is 42.6 Å².